The van der Waals surface area contributed by atoms with E-state index in [9.17, 15) is 0 Å². The predicted octanol–water partition coefficient (Wildman–Crippen LogP) is 2.29. The van der Waals surface area contributed by atoms with Crippen LogP contribution in [0.3, 0.4) is 0 Å². The molecular formula is C11H16N4S. The van der Waals surface area contributed by atoms with Gasteiger partial charge in [0.25, 0.3) is 0 Å². The monoisotopic (exact) mass is 236 g/mol. The number of nitrogens with zero attached hydrogens (tertiary/aromatic N) is 3. The van der Waals surface area contributed by atoms with Gasteiger partial charge in [-0.1, -0.05) is 6.42 Å². The van der Waals surface area contributed by atoms with E-state index in [4.69, 9.17) is 5.26 Å². The molecule has 0 aliphatic rings. The van der Waals surface area contributed by atoms with Gasteiger partial charge in [-0.05, 0) is 24.9 Å². The van der Waals surface area contributed by atoms with Crippen LogP contribution in [0.5, 0.6) is 0 Å². The van der Waals surface area contributed by atoms with Crippen LogP contribution in [0.25, 0.3) is 0 Å². The summed E-state index contributed by atoms with van der Waals surface area (Å²) in [5.41, 5.74) is 0.367. The second-order valence-corrected chi connectivity index (χ2v) is 4.33. The predicted molar refractivity (Wildman–Crippen MR) is 67.5 cm³/mol. The molecule has 16 heavy (non-hydrogen) atoms. The molecule has 0 saturated carbocycles. The molecule has 1 aromatic rings. The number of unbranched alkanes of at least 4 members (excludes halogenated alkanes) is 2. The van der Waals surface area contributed by atoms with E-state index in [1.807, 2.05) is 17.8 Å². The van der Waals surface area contributed by atoms with Gasteiger partial charge in [-0.15, -0.1) is 0 Å². The highest BCUT2D eigenvalue weighted by molar-refractivity contribution is 7.98. The Kier molecular flexibility index (Phi) is 6.35. The van der Waals surface area contributed by atoms with E-state index in [-0.39, 0.29) is 0 Å². The molecule has 0 aliphatic heterocycles. The summed E-state index contributed by atoms with van der Waals surface area (Å²) in [5, 5.41) is 11.9. The van der Waals surface area contributed by atoms with Gasteiger partial charge in [0.1, 0.15) is 6.07 Å². The highest BCUT2D eigenvalue weighted by Gasteiger charge is 2.01. The van der Waals surface area contributed by atoms with Crippen LogP contribution in [0.4, 0.5) is 5.82 Å². The average Bonchev–Trinajstić information content (AvgIpc) is 2.34. The third-order valence-corrected chi connectivity index (χ3v) is 2.82. The zero-order valence-corrected chi connectivity index (χ0v) is 10.3. The molecule has 0 aliphatic carbocycles. The summed E-state index contributed by atoms with van der Waals surface area (Å²) in [6, 6.07) is 2.02. The lowest BCUT2D eigenvalue weighted by Crippen LogP contribution is -2.06. The van der Waals surface area contributed by atoms with Crippen molar-refractivity contribution in [1.29, 1.82) is 5.26 Å². The second kappa shape index (κ2) is 7.94. The Labute approximate surface area is 100 Å². The molecule has 1 N–H and O–H groups in total. The van der Waals surface area contributed by atoms with E-state index < -0.39 is 0 Å². The highest BCUT2D eigenvalue weighted by atomic mass is 32.2. The minimum atomic E-state index is 0.367. The van der Waals surface area contributed by atoms with Crippen LogP contribution >= 0.6 is 11.8 Å². The molecule has 0 amide bonds. The average molecular weight is 236 g/mol. The fraction of sp³-hybridized carbons (Fsp3) is 0.545. The molecular weight excluding hydrogens is 220 g/mol. The van der Waals surface area contributed by atoms with Crippen molar-refractivity contribution in [3.05, 3.63) is 18.1 Å². The molecule has 0 saturated heterocycles. The highest BCUT2D eigenvalue weighted by Crippen LogP contribution is 2.07. The van der Waals surface area contributed by atoms with Gasteiger partial charge in [0.2, 0.25) is 0 Å². The molecule has 0 spiro atoms. The number of hydrogen-bond acceptors (Lipinski definition) is 5. The summed E-state index contributed by atoms with van der Waals surface area (Å²) >= 11 is 1.88. The van der Waals surface area contributed by atoms with Gasteiger partial charge in [-0.2, -0.15) is 17.0 Å². The van der Waals surface area contributed by atoms with Gasteiger partial charge in [-0.25, -0.2) is 9.97 Å². The summed E-state index contributed by atoms with van der Waals surface area (Å²) in [6.45, 7) is 0.849. The van der Waals surface area contributed by atoms with Gasteiger partial charge in [-0.3, -0.25) is 0 Å². The number of hydrogen-bond donors (Lipinski definition) is 1. The first-order valence-electron chi connectivity index (χ1n) is 5.32. The SMILES string of the molecule is CSCCCCCNc1nccnc1C#N. The van der Waals surface area contributed by atoms with Crippen LogP contribution in [0.15, 0.2) is 12.4 Å². The number of nitriles is 1. The van der Waals surface area contributed by atoms with Crippen molar-refractivity contribution in [3.63, 3.8) is 0 Å². The second-order valence-electron chi connectivity index (χ2n) is 3.35. The first-order valence-corrected chi connectivity index (χ1v) is 6.71. The summed E-state index contributed by atoms with van der Waals surface area (Å²) in [7, 11) is 0. The van der Waals surface area contributed by atoms with Gasteiger partial charge >= 0.3 is 0 Å². The minimum Gasteiger partial charge on any atom is -0.368 e. The van der Waals surface area contributed by atoms with E-state index in [0.717, 1.165) is 13.0 Å². The van der Waals surface area contributed by atoms with E-state index in [1.54, 1.807) is 6.20 Å². The smallest absolute Gasteiger partial charge is 0.182 e. The van der Waals surface area contributed by atoms with Crippen LogP contribution in [0.1, 0.15) is 25.0 Å². The number of aromatic nitrogens is 2. The molecule has 1 heterocycles. The molecule has 0 radical (unpaired) electrons. The Hall–Kier alpha value is -1.28. The van der Waals surface area contributed by atoms with Gasteiger partial charge in [0.05, 0.1) is 0 Å². The van der Waals surface area contributed by atoms with Gasteiger partial charge in [0, 0.05) is 18.9 Å². The maximum atomic E-state index is 8.80. The quantitative estimate of drug-likeness (QED) is 0.736. The van der Waals surface area contributed by atoms with Gasteiger partial charge < -0.3 is 5.32 Å². The first-order chi connectivity index (χ1) is 7.88. The molecule has 0 aromatic carbocycles. The summed E-state index contributed by atoms with van der Waals surface area (Å²) < 4.78 is 0. The topological polar surface area (TPSA) is 61.6 Å². The lowest BCUT2D eigenvalue weighted by molar-refractivity contribution is 0.747. The summed E-state index contributed by atoms with van der Waals surface area (Å²) in [4.78, 5) is 8.02. The standard InChI is InChI=1S/C11H16N4S/c1-16-8-4-2-3-5-14-11-10(9-12)13-6-7-15-11/h6-7H,2-5,8H2,1H3,(H,14,15). The molecule has 0 unspecified atom stereocenters. The van der Waals surface area contributed by atoms with Crippen LogP contribution in [0, 0.1) is 11.3 Å². The fourth-order valence-electron chi connectivity index (χ4n) is 1.30. The summed E-state index contributed by atoms with van der Waals surface area (Å²) in [5.74, 6) is 1.81. The maximum Gasteiger partial charge on any atom is 0.182 e. The molecule has 0 fully saturated rings. The van der Waals surface area contributed by atoms with Crippen molar-refractivity contribution >= 4 is 17.6 Å². The Morgan fingerprint density at radius 2 is 2.12 bits per heavy atom. The Bertz CT molecular complexity index is 348. The molecule has 86 valence electrons. The Morgan fingerprint density at radius 3 is 2.88 bits per heavy atom. The number of thioether (sulfide) groups is 1. The van der Waals surface area contributed by atoms with Crippen molar-refractivity contribution in [2.24, 2.45) is 0 Å². The van der Waals surface area contributed by atoms with Gasteiger partial charge in [0.15, 0.2) is 11.5 Å². The normalized spacial score (nSPS) is 9.75. The molecule has 0 atom stereocenters. The van der Waals surface area contributed by atoms with Crippen LogP contribution in [-0.2, 0) is 0 Å². The molecule has 5 heteroatoms. The maximum absolute atomic E-state index is 8.80. The molecule has 4 nitrogen and oxygen atoms in total. The van der Waals surface area contributed by atoms with Crippen molar-refractivity contribution < 1.29 is 0 Å². The third kappa shape index (κ3) is 4.49. The molecule has 0 bridgehead atoms. The van der Waals surface area contributed by atoms with Crippen molar-refractivity contribution in [1.82, 2.24) is 9.97 Å². The minimum absolute atomic E-state index is 0.367. The number of rotatable bonds is 7. The van der Waals surface area contributed by atoms with Crippen molar-refractivity contribution in [3.8, 4) is 6.07 Å². The first kappa shape index (κ1) is 12.8. The number of nitrogens with one attached hydrogen (secondary N) is 1. The van der Waals surface area contributed by atoms with Crippen molar-refractivity contribution in [2.45, 2.75) is 19.3 Å². The van der Waals surface area contributed by atoms with Crippen molar-refractivity contribution in [2.75, 3.05) is 23.9 Å². The van der Waals surface area contributed by atoms with E-state index in [0.29, 0.717) is 11.5 Å². The van der Waals surface area contributed by atoms with E-state index >= 15 is 0 Å². The fourth-order valence-corrected chi connectivity index (χ4v) is 1.80. The Morgan fingerprint density at radius 1 is 1.31 bits per heavy atom. The summed E-state index contributed by atoms with van der Waals surface area (Å²) in [6.07, 6.45) is 8.79. The van der Waals surface area contributed by atoms with E-state index in [1.165, 1.54) is 24.8 Å². The van der Waals surface area contributed by atoms with E-state index in [2.05, 4.69) is 21.5 Å². The molecule has 1 aromatic heterocycles. The van der Waals surface area contributed by atoms with Crippen LogP contribution in [0.2, 0.25) is 0 Å². The van der Waals surface area contributed by atoms with Crippen LogP contribution in [-0.4, -0.2) is 28.5 Å². The Balaban J connectivity index is 2.24. The third-order valence-electron chi connectivity index (χ3n) is 2.12. The molecule has 1 rings (SSSR count). The number of anilines is 1. The lowest BCUT2D eigenvalue weighted by Gasteiger charge is -2.05. The zero-order chi connectivity index (χ0) is 11.6. The van der Waals surface area contributed by atoms with Crippen LogP contribution < -0.4 is 5.32 Å². The largest absolute Gasteiger partial charge is 0.368 e. The lowest BCUT2D eigenvalue weighted by atomic mass is 10.2. The zero-order valence-electron chi connectivity index (χ0n) is 9.44.